The summed E-state index contributed by atoms with van der Waals surface area (Å²) in [4.78, 5) is 24.1. The van der Waals surface area contributed by atoms with Crippen molar-refractivity contribution in [1.82, 2.24) is 0 Å². The Labute approximate surface area is 216 Å². The van der Waals surface area contributed by atoms with Gasteiger partial charge in [-0.05, 0) is 36.6 Å². The first kappa shape index (κ1) is 28.0. The predicted octanol–water partition coefficient (Wildman–Crippen LogP) is -1.15. The fourth-order valence-electron chi connectivity index (χ4n) is 5.03. The maximum atomic E-state index is 12.3. The standard InChI is InChI=1S/C25H30O13/c26-9-16-19(29)20(30)21(31)24(37-16)38-23-18-14(15(10-35-23)22(32)33)7-8-25(18,34)11-36-17(28)6-3-12-1-4-13(27)5-2-12/h1-6,10,14,16,18-21,23-24,26-27,29-31,34H,7-9,11H2,(H,32,33)/b6-3+/t14-,16-,18-,19-,20+,21-,23+,24+,25+/m1/s1. The van der Waals surface area contributed by atoms with Crippen molar-refractivity contribution in [1.29, 1.82) is 0 Å². The zero-order valence-electron chi connectivity index (χ0n) is 20.1. The molecule has 2 heterocycles. The number of carbonyl (C=O) groups excluding carboxylic acids is 1. The quantitative estimate of drug-likeness (QED) is 0.154. The average molecular weight is 539 g/mol. The Kier molecular flexibility index (Phi) is 8.37. The second kappa shape index (κ2) is 11.4. The fourth-order valence-corrected chi connectivity index (χ4v) is 5.03. The molecule has 0 spiro atoms. The Hall–Kier alpha value is -3.04. The van der Waals surface area contributed by atoms with Gasteiger partial charge in [-0.15, -0.1) is 0 Å². The molecule has 1 aromatic carbocycles. The fraction of sp³-hybridized carbons (Fsp3) is 0.520. The van der Waals surface area contributed by atoms with E-state index in [0.29, 0.717) is 5.56 Å². The number of phenolic OH excluding ortho intramolecular Hbond substituents is 1. The highest BCUT2D eigenvalue weighted by molar-refractivity contribution is 5.87. The Bertz CT molecular complexity index is 1070. The van der Waals surface area contributed by atoms with Gasteiger partial charge in [0.25, 0.3) is 0 Å². The number of aromatic hydroxyl groups is 1. The first-order chi connectivity index (χ1) is 18.0. The van der Waals surface area contributed by atoms with Crippen LogP contribution in [0.4, 0.5) is 0 Å². The lowest BCUT2D eigenvalue weighted by molar-refractivity contribution is -0.347. The number of hydrogen-bond acceptors (Lipinski definition) is 12. The normalized spacial score (nSPS) is 36.8. The van der Waals surface area contributed by atoms with Gasteiger partial charge < -0.3 is 54.7 Å². The highest BCUT2D eigenvalue weighted by atomic mass is 16.8. The molecule has 13 nitrogen and oxygen atoms in total. The Morgan fingerprint density at radius 2 is 1.79 bits per heavy atom. The van der Waals surface area contributed by atoms with Crippen molar-refractivity contribution in [3.05, 3.63) is 47.7 Å². The molecule has 0 radical (unpaired) electrons. The largest absolute Gasteiger partial charge is 0.508 e. The van der Waals surface area contributed by atoms with Crippen LogP contribution in [0.3, 0.4) is 0 Å². The summed E-state index contributed by atoms with van der Waals surface area (Å²) in [5.41, 5.74) is -1.30. The lowest BCUT2D eigenvalue weighted by atomic mass is 9.80. The van der Waals surface area contributed by atoms with Crippen LogP contribution in [0.5, 0.6) is 5.75 Å². The predicted molar refractivity (Wildman–Crippen MR) is 125 cm³/mol. The van der Waals surface area contributed by atoms with E-state index < -0.39 is 79.6 Å². The van der Waals surface area contributed by atoms with E-state index in [2.05, 4.69) is 0 Å². The maximum Gasteiger partial charge on any atom is 0.334 e. The number of hydrogen-bond donors (Lipinski definition) is 7. The molecule has 13 heteroatoms. The molecule has 0 amide bonds. The number of fused-ring (bicyclic) bond motifs is 1. The van der Waals surface area contributed by atoms with Crippen LogP contribution in [0.15, 0.2) is 42.2 Å². The minimum absolute atomic E-state index is 0.0276. The van der Waals surface area contributed by atoms with Crippen LogP contribution >= 0.6 is 0 Å². The van der Waals surface area contributed by atoms with E-state index in [-0.39, 0.29) is 24.2 Å². The summed E-state index contributed by atoms with van der Waals surface area (Å²) in [6.07, 6.45) is -5.59. The van der Waals surface area contributed by atoms with Crippen molar-refractivity contribution >= 4 is 18.0 Å². The molecule has 38 heavy (non-hydrogen) atoms. The molecule has 0 aromatic heterocycles. The number of rotatable bonds is 8. The van der Waals surface area contributed by atoms with Crippen molar-refractivity contribution in [2.24, 2.45) is 11.8 Å². The van der Waals surface area contributed by atoms with Crippen molar-refractivity contribution in [2.75, 3.05) is 13.2 Å². The van der Waals surface area contributed by atoms with Crippen LogP contribution in [-0.4, -0.2) is 103 Å². The number of esters is 1. The number of aliphatic hydroxyl groups excluding tert-OH is 4. The van der Waals surface area contributed by atoms with Gasteiger partial charge in [-0.2, -0.15) is 0 Å². The molecule has 1 aromatic rings. The summed E-state index contributed by atoms with van der Waals surface area (Å²) in [5, 5.41) is 70.3. The second-order valence-electron chi connectivity index (χ2n) is 9.52. The number of aliphatic carboxylic acids is 1. The highest BCUT2D eigenvalue weighted by Gasteiger charge is 2.58. The van der Waals surface area contributed by atoms with Gasteiger partial charge in [0.15, 0.2) is 6.29 Å². The second-order valence-corrected chi connectivity index (χ2v) is 9.52. The molecule has 2 fully saturated rings. The lowest BCUT2D eigenvalue weighted by Gasteiger charge is -2.44. The van der Waals surface area contributed by atoms with Crippen molar-refractivity contribution in [3.63, 3.8) is 0 Å². The van der Waals surface area contributed by atoms with Crippen LogP contribution < -0.4 is 0 Å². The topological polar surface area (TPSA) is 213 Å². The number of carboxylic acid groups (broad SMARTS) is 1. The summed E-state index contributed by atoms with van der Waals surface area (Å²) in [6.45, 7) is -1.22. The molecule has 1 saturated heterocycles. The summed E-state index contributed by atoms with van der Waals surface area (Å²) in [5.74, 6) is -3.85. The number of phenols is 1. The lowest BCUT2D eigenvalue weighted by Crippen LogP contribution is -2.61. The molecular formula is C25H30O13. The van der Waals surface area contributed by atoms with Gasteiger partial charge in [-0.3, -0.25) is 0 Å². The minimum atomic E-state index is -1.79. The Morgan fingerprint density at radius 3 is 2.45 bits per heavy atom. The minimum Gasteiger partial charge on any atom is -0.508 e. The van der Waals surface area contributed by atoms with Crippen LogP contribution in [0.25, 0.3) is 6.08 Å². The molecule has 4 rings (SSSR count). The van der Waals surface area contributed by atoms with Gasteiger partial charge in [0.05, 0.1) is 24.4 Å². The third-order valence-corrected chi connectivity index (χ3v) is 7.10. The van der Waals surface area contributed by atoms with Gasteiger partial charge >= 0.3 is 11.9 Å². The van der Waals surface area contributed by atoms with Gasteiger partial charge in [0, 0.05) is 12.0 Å². The number of ether oxygens (including phenoxy) is 4. The molecule has 1 aliphatic carbocycles. The number of carbonyl (C=O) groups is 2. The third kappa shape index (κ3) is 5.68. The number of benzene rings is 1. The molecule has 3 aliphatic rings. The third-order valence-electron chi connectivity index (χ3n) is 7.10. The van der Waals surface area contributed by atoms with E-state index in [1.165, 1.54) is 18.2 Å². The van der Waals surface area contributed by atoms with E-state index in [1.54, 1.807) is 12.1 Å². The van der Waals surface area contributed by atoms with E-state index in [4.69, 9.17) is 18.9 Å². The number of aliphatic hydroxyl groups is 5. The van der Waals surface area contributed by atoms with E-state index in [9.17, 15) is 45.3 Å². The van der Waals surface area contributed by atoms with E-state index in [0.717, 1.165) is 12.3 Å². The molecular weight excluding hydrogens is 508 g/mol. The van der Waals surface area contributed by atoms with Crippen LogP contribution in [0.1, 0.15) is 18.4 Å². The first-order valence-corrected chi connectivity index (χ1v) is 11.9. The smallest absolute Gasteiger partial charge is 0.334 e. The van der Waals surface area contributed by atoms with Crippen LogP contribution in [-0.2, 0) is 28.5 Å². The zero-order valence-corrected chi connectivity index (χ0v) is 20.1. The van der Waals surface area contributed by atoms with Gasteiger partial charge in [-0.25, -0.2) is 9.59 Å². The van der Waals surface area contributed by atoms with Gasteiger partial charge in [-0.1, -0.05) is 12.1 Å². The molecule has 1 saturated carbocycles. The first-order valence-electron chi connectivity index (χ1n) is 11.9. The summed E-state index contributed by atoms with van der Waals surface area (Å²) < 4.78 is 21.8. The molecule has 0 bridgehead atoms. The van der Waals surface area contributed by atoms with Gasteiger partial charge in [0.1, 0.15) is 42.4 Å². The van der Waals surface area contributed by atoms with Crippen LogP contribution in [0.2, 0.25) is 0 Å². The summed E-state index contributed by atoms with van der Waals surface area (Å²) in [6, 6.07) is 6.04. The zero-order chi connectivity index (χ0) is 27.6. The van der Waals surface area contributed by atoms with E-state index >= 15 is 0 Å². The summed E-state index contributed by atoms with van der Waals surface area (Å²) >= 11 is 0. The van der Waals surface area contributed by atoms with Crippen molar-refractivity contribution in [3.8, 4) is 5.75 Å². The Balaban J connectivity index is 1.49. The average Bonchev–Trinajstić information content (AvgIpc) is 3.25. The van der Waals surface area contributed by atoms with E-state index in [1.807, 2.05) is 0 Å². The Morgan fingerprint density at radius 1 is 1.08 bits per heavy atom. The van der Waals surface area contributed by atoms with Gasteiger partial charge in [0.2, 0.25) is 6.29 Å². The SMILES string of the molecule is O=C(/C=C/c1ccc(O)cc1)OC[C@@]1(O)CC[C@@H]2C(C(=O)O)=CO[C@@H](O[C@@H]3O[C@H](CO)[C@@H](O)[C@H](O)[C@H]3O)[C@@H]21. The molecule has 0 unspecified atom stereocenters. The molecule has 9 atom stereocenters. The number of carboxylic acids is 1. The summed E-state index contributed by atoms with van der Waals surface area (Å²) in [7, 11) is 0. The molecule has 7 N–H and O–H groups in total. The molecule has 2 aliphatic heterocycles. The van der Waals surface area contributed by atoms with Crippen molar-refractivity contribution < 1.29 is 64.3 Å². The van der Waals surface area contributed by atoms with Crippen molar-refractivity contribution in [2.45, 2.75) is 55.4 Å². The maximum absolute atomic E-state index is 12.3. The molecule has 208 valence electrons. The van der Waals surface area contributed by atoms with Crippen LogP contribution in [0, 0.1) is 11.8 Å². The highest BCUT2D eigenvalue weighted by Crippen LogP contribution is 2.49. The monoisotopic (exact) mass is 538 g/mol.